The molecule has 2 N–H and O–H groups in total. The lowest BCUT2D eigenvalue weighted by atomic mass is 10.1. The van der Waals surface area contributed by atoms with Crippen molar-refractivity contribution in [2.24, 2.45) is 0 Å². The molecule has 2 aromatic carbocycles. The van der Waals surface area contributed by atoms with Gasteiger partial charge in [0.15, 0.2) is 0 Å². The van der Waals surface area contributed by atoms with Gasteiger partial charge in [-0.05, 0) is 88.0 Å². The molecule has 1 aromatic heterocycles. The van der Waals surface area contributed by atoms with E-state index in [2.05, 4.69) is 27.3 Å². The fraction of sp³-hybridized carbons (Fsp3) is 0.393. The van der Waals surface area contributed by atoms with E-state index in [1.54, 1.807) is 24.3 Å². The van der Waals surface area contributed by atoms with Gasteiger partial charge in [0.05, 0.1) is 12.1 Å². The van der Waals surface area contributed by atoms with E-state index in [4.69, 9.17) is 4.84 Å². The number of pyridine rings is 1. The van der Waals surface area contributed by atoms with Gasteiger partial charge in [0.1, 0.15) is 0 Å². The van der Waals surface area contributed by atoms with Crippen LogP contribution in [0.2, 0.25) is 0 Å². The number of aryl methyl sites for hydroxylation is 1. The number of amides is 2. The van der Waals surface area contributed by atoms with Gasteiger partial charge in [-0.25, -0.2) is 5.06 Å². The van der Waals surface area contributed by atoms with Gasteiger partial charge in [0.25, 0.3) is 5.91 Å². The lowest BCUT2D eigenvalue weighted by Gasteiger charge is -2.26. The second-order valence-electron chi connectivity index (χ2n) is 9.99. The summed E-state index contributed by atoms with van der Waals surface area (Å²) in [4.78, 5) is 45.7. The van der Waals surface area contributed by atoms with Gasteiger partial charge in [0.2, 0.25) is 12.0 Å². The average Bonchev–Trinajstić information content (AvgIpc) is 2.83. The molecule has 0 bridgehead atoms. The highest BCUT2D eigenvalue weighted by Gasteiger charge is 2.16. The molecule has 0 radical (unpaired) electrons. The summed E-state index contributed by atoms with van der Waals surface area (Å²) in [5, 5.41) is 5.11. The number of benzene rings is 2. The van der Waals surface area contributed by atoms with E-state index in [1.165, 1.54) is 16.7 Å². The number of H-pyrrole nitrogens is 1. The van der Waals surface area contributed by atoms with Crippen molar-refractivity contribution < 1.29 is 14.4 Å². The van der Waals surface area contributed by atoms with Crippen LogP contribution in [0.1, 0.15) is 48.7 Å². The molecule has 3 aromatic rings. The zero-order valence-corrected chi connectivity index (χ0v) is 21.5. The van der Waals surface area contributed by atoms with Crippen molar-refractivity contribution in [2.75, 3.05) is 26.7 Å². The Hall–Kier alpha value is -3.49. The van der Waals surface area contributed by atoms with Gasteiger partial charge in [-0.2, -0.15) is 0 Å². The number of carbonyl (C=O) groups is 2. The molecule has 0 aliphatic carbocycles. The minimum absolute atomic E-state index is 0.127. The summed E-state index contributed by atoms with van der Waals surface area (Å²) in [6.07, 6.45) is 2.66. The Morgan fingerprint density at radius 3 is 2.44 bits per heavy atom. The van der Waals surface area contributed by atoms with Crippen LogP contribution in [0.3, 0.4) is 0 Å². The van der Waals surface area contributed by atoms with Crippen molar-refractivity contribution in [2.45, 2.75) is 45.8 Å². The third kappa shape index (κ3) is 8.62. The summed E-state index contributed by atoms with van der Waals surface area (Å²) < 4.78 is 0. The van der Waals surface area contributed by atoms with E-state index in [9.17, 15) is 14.4 Å². The molecule has 2 amide bonds. The van der Waals surface area contributed by atoms with Crippen LogP contribution in [-0.2, 0) is 22.6 Å². The lowest BCUT2D eigenvalue weighted by Crippen LogP contribution is -2.33. The molecule has 0 saturated carbocycles. The quantitative estimate of drug-likeness (QED) is 0.298. The fourth-order valence-corrected chi connectivity index (χ4v) is 3.86. The number of rotatable bonds is 12. The number of carbonyl (C=O) groups excluding carboxylic acids is 2. The minimum atomic E-state index is -0.422. The lowest BCUT2D eigenvalue weighted by molar-refractivity contribution is -0.220. The highest BCUT2D eigenvalue weighted by molar-refractivity contribution is 5.97. The van der Waals surface area contributed by atoms with Crippen molar-refractivity contribution in [3.8, 4) is 0 Å². The van der Waals surface area contributed by atoms with Crippen LogP contribution in [0.4, 0.5) is 0 Å². The number of nitrogens with one attached hydrogen (secondary N) is 2. The molecule has 0 unspecified atom stereocenters. The molecule has 8 nitrogen and oxygen atoms in total. The Kier molecular flexibility index (Phi) is 9.38. The predicted octanol–water partition coefficient (Wildman–Crippen LogP) is 3.51. The summed E-state index contributed by atoms with van der Waals surface area (Å²) in [6.45, 7) is 8.36. The molecule has 0 aliphatic heterocycles. The van der Waals surface area contributed by atoms with Crippen molar-refractivity contribution in [1.82, 2.24) is 20.3 Å². The molecule has 0 atom stereocenters. The Balaban J connectivity index is 1.37. The van der Waals surface area contributed by atoms with Crippen molar-refractivity contribution in [1.29, 1.82) is 0 Å². The normalized spacial score (nSPS) is 11.6. The van der Waals surface area contributed by atoms with Crippen LogP contribution >= 0.6 is 0 Å². The van der Waals surface area contributed by atoms with Gasteiger partial charge < -0.3 is 15.2 Å². The van der Waals surface area contributed by atoms with E-state index in [1.807, 2.05) is 40.0 Å². The predicted molar refractivity (Wildman–Crippen MR) is 142 cm³/mol. The van der Waals surface area contributed by atoms with E-state index in [0.29, 0.717) is 30.6 Å². The van der Waals surface area contributed by atoms with Gasteiger partial charge in [-0.3, -0.25) is 19.2 Å². The Morgan fingerprint density at radius 1 is 1.03 bits per heavy atom. The molecule has 0 saturated heterocycles. The first-order valence-electron chi connectivity index (χ1n) is 12.2. The van der Waals surface area contributed by atoms with Crippen LogP contribution < -0.4 is 10.9 Å². The first kappa shape index (κ1) is 27.1. The first-order chi connectivity index (χ1) is 17.1. The van der Waals surface area contributed by atoms with Gasteiger partial charge in [-0.15, -0.1) is 0 Å². The molecule has 1 heterocycles. The Bertz CT molecular complexity index is 1210. The summed E-state index contributed by atoms with van der Waals surface area (Å²) in [6, 6.07) is 16.7. The summed E-state index contributed by atoms with van der Waals surface area (Å²) in [5.41, 5.74) is 2.96. The first-order valence-corrected chi connectivity index (χ1v) is 12.2. The van der Waals surface area contributed by atoms with Crippen LogP contribution in [0.25, 0.3) is 10.9 Å². The van der Waals surface area contributed by atoms with Crippen LogP contribution in [0.5, 0.6) is 0 Å². The number of hydrogen-bond acceptors (Lipinski definition) is 5. The highest BCUT2D eigenvalue weighted by atomic mass is 16.7. The average molecular weight is 493 g/mol. The second-order valence-corrected chi connectivity index (χ2v) is 9.99. The summed E-state index contributed by atoms with van der Waals surface area (Å²) in [5.74, 6) is -0.127. The highest BCUT2D eigenvalue weighted by Crippen LogP contribution is 2.14. The second kappa shape index (κ2) is 12.5. The van der Waals surface area contributed by atoms with Gasteiger partial charge in [-0.1, -0.05) is 24.3 Å². The third-order valence-electron chi connectivity index (χ3n) is 5.64. The van der Waals surface area contributed by atoms with Crippen molar-refractivity contribution in [3.63, 3.8) is 0 Å². The third-order valence-corrected chi connectivity index (χ3v) is 5.64. The molecule has 36 heavy (non-hydrogen) atoms. The molecule has 0 spiro atoms. The van der Waals surface area contributed by atoms with Crippen molar-refractivity contribution in [3.05, 3.63) is 81.6 Å². The Labute approximate surface area is 212 Å². The van der Waals surface area contributed by atoms with Gasteiger partial charge in [0, 0.05) is 30.2 Å². The number of hydroxylamine groups is 2. The van der Waals surface area contributed by atoms with E-state index < -0.39 is 5.60 Å². The SMILES string of the molecule is CN(CCCc1ccc(CN(C=O)OC(C)(C)C)cc1)CCNC(=O)c1ccc2[nH]c(=O)ccc2c1. The smallest absolute Gasteiger partial charge is 0.251 e. The number of likely N-dealkylation sites (N-methyl/N-ethyl adjacent to an activating group) is 1. The molecule has 192 valence electrons. The molecule has 0 fully saturated rings. The number of aromatic amines is 1. The molecular weight excluding hydrogens is 456 g/mol. The summed E-state index contributed by atoms with van der Waals surface area (Å²) in [7, 11) is 2.05. The number of aromatic nitrogens is 1. The Morgan fingerprint density at radius 2 is 1.75 bits per heavy atom. The maximum atomic E-state index is 12.5. The van der Waals surface area contributed by atoms with E-state index >= 15 is 0 Å². The number of hydrogen-bond donors (Lipinski definition) is 2. The summed E-state index contributed by atoms with van der Waals surface area (Å²) >= 11 is 0. The van der Waals surface area contributed by atoms with Crippen LogP contribution in [0.15, 0.2) is 59.4 Å². The molecule has 8 heteroatoms. The molecular formula is C28H36N4O4. The van der Waals surface area contributed by atoms with Crippen molar-refractivity contribution >= 4 is 23.2 Å². The van der Waals surface area contributed by atoms with Gasteiger partial charge >= 0.3 is 0 Å². The zero-order valence-electron chi connectivity index (χ0n) is 21.5. The van der Waals surface area contributed by atoms with E-state index in [-0.39, 0.29) is 11.5 Å². The minimum Gasteiger partial charge on any atom is -0.351 e. The topological polar surface area (TPSA) is 94.7 Å². The van der Waals surface area contributed by atoms with Crippen LogP contribution in [-0.4, -0.2) is 59.5 Å². The fourth-order valence-electron chi connectivity index (χ4n) is 3.86. The number of fused-ring (bicyclic) bond motifs is 1. The monoisotopic (exact) mass is 492 g/mol. The maximum Gasteiger partial charge on any atom is 0.251 e. The van der Waals surface area contributed by atoms with Crippen LogP contribution in [0, 0.1) is 0 Å². The maximum absolute atomic E-state index is 12.5. The number of nitrogens with zero attached hydrogens (tertiary/aromatic N) is 2. The zero-order chi connectivity index (χ0) is 26.1. The standard InChI is InChI=1S/C28H36N4O4/c1-28(2,3)36-32(20-33)19-22-9-7-21(8-10-22)6-5-16-31(4)17-15-29-27(35)24-11-13-25-23(18-24)12-14-26(34)30-25/h7-14,18,20H,5-6,15-17,19H2,1-4H3,(H,29,35)(H,30,34). The molecule has 3 rings (SSSR count). The molecule has 0 aliphatic rings. The largest absolute Gasteiger partial charge is 0.351 e. The van der Waals surface area contributed by atoms with E-state index in [0.717, 1.165) is 36.9 Å².